The molecule has 0 spiro atoms. The van der Waals surface area contributed by atoms with E-state index in [1.807, 2.05) is 0 Å². The smallest absolute Gasteiger partial charge is 0.292 e. The average molecular weight is 213 g/mol. The maximum absolute atomic E-state index is 12.9. The third-order valence-corrected chi connectivity index (χ3v) is 1.91. The van der Waals surface area contributed by atoms with E-state index in [9.17, 15) is 14.5 Å². The highest BCUT2D eigenvalue weighted by molar-refractivity contribution is 5.61. The molecule has 3 N–H and O–H groups in total. The molecule has 0 saturated heterocycles. The Bertz CT molecular complexity index is 370. The second kappa shape index (κ2) is 4.70. The van der Waals surface area contributed by atoms with Gasteiger partial charge < -0.3 is 11.1 Å². The SMILES string of the molecule is CC(CN)Nc1cc(F)ccc1[N+](=O)[O-]. The summed E-state index contributed by atoms with van der Waals surface area (Å²) < 4.78 is 12.9. The molecule has 0 aliphatic carbocycles. The average Bonchev–Trinajstić information content (AvgIpc) is 2.17. The van der Waals surface area contributed by atoms with Gasteiger partial charge in [-0.1, -0.05) is 0 Å². The van der Waals surface area contributed by atoms with E-state index < -0.39 is 10.7 Å². The van der Waals surface area contributed by atoms with Gasteiger partial charge in [0, 0.05) is 24.7 Å². The number of benzene rings is 1. The van der Waals surface area contributed by atoms with Gasteiger partial charge in [0.1, 0.15) is 11.5 Å². The second-order valence-electron chi connectivity index (χ2n) is 3.20. The highest BCUT2D eigenvalue weighted by Crippen LogP contribution is 2.25. The van der Waals surface area contributed by atoms with Crippen LogP contribution in [0.4, 0.5) is 15.8 Å². The van der Waals surface area contributed by atoms with Crippen molar-refractivity contribution in [2.24, 2.45) is 5.73 Å². The molecule has 15 heavy (non-hydrogen) atoms. The molecular formula is C9H12FN3O2. The van der Waals surface area contributed by atoms with Crippen molar-refractivity contribution < 1.29 is 9.31 Å². The normalized spacial score (nSPS) is 12.2. The lowest BCUT2D eigenvalue weighted by Crippen LogP contribution is -2.25. The largest absolute Gasteiger partial charge is 0.376 e. The van der Waals surface area contributed by atoms with Gasteiger partial charge >= 0.3 is 0 Å². The lowest BCUT2D eigenvalue weighted by Gasteiger charge is -2.12. The van der Waals surface area contributed by atoms with Gasteiger partial charge in [-0.25, -0.2) is 4.39 Å². The van der Waals surface area contributed by atoms with Gasteiger partial charge in [0.05, 0.1) is 4.92 Å². The lowest BCUT2D eigenvalue weighted by molar-refractivity contribution is -0.384. The molecule has 1 atom stereocenters. The summed E-state index contributed by atoms with van der Waals surface area (Å²) in [5.41, 5.74) is 5.35. The highest BCUT2D eigenvalue weighted by atomic mass is 19.1. The summed E-state index contributed by atoms with van der Waals surface area (Å²) in [6.07, 6.45) is 0. The van der Waals surface area contributed by atoms with Crippen LogP contribution in [0.1, 0.15) is 6.92 Å². The third-order valence-electron chi connectivity index (χ3n) is 1.91. The Morgan fingerprint density at radius 2 is 2.33 bits per heavy atom. The summed E-state index contributed by atoms with van der Waals surface area (Å²) in [4.78, 5) is 10.1. The van der Waals surface area contributed by atoms with Crippen molar-refractivity contribution in [3.63, 3.8) is 0 Å². The van der Waals surface area contributed by atoms with Gasteiger partial charge in [0.25, 0.3) is 5.69 Å². The lowest BCUT2D eigenvalue weighted by atomic mass is 10.2. The number of nitro benzene ring substituents is 1. The number of nitrogens with zero attached hydrogens (tertiary/aromatic N) is 1. The molecule has 5 nitrogen and oxygen atoms in total. The van der Waals surface area contributed by atoms with Crippen LogP contribution in [0.2, 0.25) is 0 Å². The van der Waals surface area contributed by atoms with Crippen LogP contribution in [0.15, 0.2) is 18.2 Å². The molecule has 0 fully saturated rings. The van der Waals surface area contributed by atoms with Crippen LogP contribution >= 0.6 is 0 Å². The molecule has 1 aromatic carbocycles. The quantitative estimate of drug-likeness (QED) is 0.586. The summed E-state index contributed by atoms with van der Waals surface area (Å²) >= 11 is 0. The van der Waals surface area contributed by atoms with Crippen LogP contribution in [0.5, 0.6) is 0 Å². The first-order valence-corrected chi connectivity index (χ1v) is 4.45. The zero-order valence-corrected chi connectivity index (χ0v) is 8.24. The molecule has 82 valence electrons. The zero-order chi connectivity index (χ0) is 11.4. The fourth-order valence-corrected chi connectivity index (χ4v) is 1.11. The summed E-state index contributed by atoms with van der Waals surface area (Å²) in [5.74, 6) is -0.521. The number of nitrogens with two attached hydrogens (primary N) is 1. The highest BCUT2D eigenvalue weighted by Gasteiger charge is 2.15. The first-order chi connectivity index (χ1) is 7.04. The molecule has 0 bridgehead atoms. The predicted octanol–water partition coefficient (Wildman–Crippen LogP) is 1.49. The molecule has 0 aliphatic rings. The summed E-state index contributed by atoms with van der Waals surface area (Å²) in [5, 5.41) is 13.4. The van der Waals surface area contributed by atoms with Crippen LogP contribution in [-0.2, 0) is 0 Å². The third kappa shape index (κ3) is 2.88. The first-order valence-electron chi connectivity index (χ1n) is 4.45. The Kier molecular flexibility index (Phi) is 3.56. The number of rotatable bonds is 4. The predicted molar refractivity (Wildman–Crippen MR) is 55.2 cm³/mol. The van der Waals surface area contributed by atoms with E-state index in [4.69, 9.17) is 5.73 Å². The van der Waals surface area contributed by atoms with Gasteiger partial charge in [0.15, 0.2) is 0 Å². The molecular weight excluding hydrogens is 201 g/mol. The Hall–Kier alpha value is -1.69. The minimum absolute atomic E-state index is 0.148. The van der Waals surface area contributed by atoms with Crippen molar-refractivity contribution in [2.75, 3.05) is 11.9 Å². The van der Waals surface area contributed by atoms with Gasteiger partial charge in [-0.2, -0.15) is 0 Å². The maximum atomic E-state index is 12.9. The number of nitro groups is 1. The van der Waals surface area contributed by atoms with E-state index in [1.54, 1.807) is 6.92 Å². The van der Waals surface area contributed by atoms with Gasteiger partial charge in [-0.05, 0) is 13.0 Å². The Labute approximate surface area is 86.2 Å². The van der Waals surface area contributed by atoms with Crippen molar-refractivity contribution in [1.82, 2.24) is 0 Å². The molecule has 0 saturated carbocycles. The molecule has 1 aromatic rings. The summed E-state index contributed by atoms with van der Waals surface area (Å²) in [7, 11) is 0. The van der Waals surface area contributed by atoms with Crippen molar-refractivity contribution >= 4 is 11.4 Å². The zero-order valence-electron chi connectivity index (χ0n) is 8.24. The maximum Gasteiger partial charge on any atom is 0.292 e. The number of anilines is 1. The Balaban J connectivity index is 3.02. The van der Waals surface area contributed by atoms with E-state index in [2.05, 4.69) is 5.32 Å². The molecule has 1 unspecified atom stereocenters. The van der Waals surface area contributed by atoms with Crippen LogP contribution in [0.25, 0.3) is 0 Å². The summed E-state index contributed by atoms with van der Waals surface area (Å²) in [6, 6.07) is 3.12. The minimum Gasteiger partial charge on any atom is -0.376 e. The molecule has 0 amide bonds. The standard InChI is InChI=1S/C9H12FN3O2/c1-6(5-11)12-8-4-7(10)2-3-9(8)13(14)15/h2-4,6,12H,5,11H2,1H3. The molecule has 0 aliphatic heterocycles. The van der Waals surface area contributed by atoms with E-state index in [-0.39, 0.29) is 17.4 Å². The number of hydrogen-bond acceptors (Lipinski definition) is 4. The number of hydrogen-bond donors (Lipinski definition) is 2. The molecule has 0 aromatic heterocycles. The Morgan fingerprint density at radius 3 is 2.87 bits per heavy atom. The van der Waals surface area contributed by atoms with Crippen molar-refractivity contribution in [3.8, 4) is 0 Å². The van der Waals surface area contributed by atoms with Crippen LogP contribution < -0.4 is 11.1 Å². The van der Waals surface area contributed by atoms with Gasteiger partial charge in [0.2, 0.25) is 0 Å². The van der Waals surface area contributed by atoms with Crippen LogP contribution in [0.3, 0.4) is 0 Å². The molecule has 6 heteroatoms. The molecule has 0 radical (unpaired) electrons. The van der Waals surface area contributed by atoms with Crippen molar-refractivity contribution in [2.45, 2.75) is 13.0 Å². The Morgan fingerprint density at radius 1 is 1.67 bits per heavy atom. The fraction of sp³-hybridized carbons (Fsp3) is 0.333. The minimum atomic E-state index is -0.564. The molecule has 1 rings (SSSR count). The molecule has 0 heterocycles. The second-order valence-corrected chi connectivity index (χ2v) is 3.20. The van der Waals surface area contributed by atoms with Crippen molar-refractivity contribution in [3.05, 3.63) is 34.1 Å². The van der Waals surface area contributed by atoms with E-state index in [0.717, 1.165) is 18.2 Å². The summed E-state index contributed by atoms with van der Waals surface area (Å²) in [6.45, 7) is 2.07. The first kappa shape index (κ1) is 11.4. The van der Waals surface area contributed by atoms with E-state index in [0.29, 0.717) is 6.54 Å². The fourth-order valence-electron chi connectivity index (χ4n) is 1.11. The van der Waals surface area contributed by atoms with Gasteiger partial charge in [-0.3, -0.25) is 10.1 Å². The van der Waals surface area contributed by atoms with Gasteiger partial charge in [-0.15, -0.1) is 0 Å². The topological polar surface area (TPSA) is 81.2 Å². The number of nitrogens with one attached hydrogen (secondary N) is 1. The van der Waals surface area contributed by atoms with Crippen LogP contribution in [0, 0.1) is 15.9 Å². The van der Waals surface area contributed by atoms with Crippen molar-refractivity contribution in [1.29, 1.82) is 0 Å². The van der Waals surface area contributed by atoms with E-state index >= 15 is 0 Å². The number of halogens is 1. The monoisotopic (exact) mass is 213 g/mol. The van der Waals surface area contributed by atoms with E-state index in [1.165, 1.54) is 0 Å². The van der Waals surface area contributed by atoms with Crippen LogP contribution in [-0.4, -0.2) is 17.5 Å².